The molecule has 1 aliphatic heterocycles. The first-order valence-corrected chi connectivity index (χ1v) is 11.2. The van der Waals surface area contributed by atoms with Crippen LogP contribution in [0.3, 0.4) is 0 Å². The second-order valence-electron chi connectivity index (χ2n) is 6.84. The summed E-state index contributed by atoms with van der Waals surface area (Å²) in [5, 5.41) is 2.71. The molecule has 152 valence electrons. The van der Waals surface area contributed by atoms with Gasteiger partial charge in [0.15, 0.2) is 0 Å². The van der Waals surface area contributed by atoms with Gasteiger partial charge in [-0.15, -0.1) is 0 Å². The van der Waals surface area contributed by atoms with Crippen molar-refractivity contribution in [2.24, 2.45) is 0 Å². The fraction of sp³-hybridized carbons (Fsp3) is 0.0870. The number of fused-ring (bicyclic) bond motifs is 1. The van der Waals surface area contributed by atoms with Crippen LogP contribution in [0.25, 0.3) is 6.08 Å². The second kappa shape index (κ2) is 8.34. The summed E-state index contributed by atoms with van der Waals surface area (Å²) in [5.41, 5.74) is 3.00. The molecule has 30 heavy (non-hydrogen) atoms. The van der Waals surface area contributed by atoms with Crippen LogP contribution in [0.1, 0.15) is 11.1 Å². The maximum Gasteiger partial charge on any atom is 0.267 e. The summed E-state index contributed by atoms with van der Waals surface area (Å²) in [7, 11) is -3.67. The monoisotopic (exact) mass is 438 g/mol. The van der Waals surface area contributed by atoms with E-state index in [1.807, 2.05) is 54.6 Å². The van der Waals surface area contributed by atoms with Crippen molar-refractivity contribution >= 4 is 45.0 Å². The summed E-state index contributed by atoms with van der Waals surface area (Å²) in [6, 6.07) is 22.8. The Morgan fingerprint density at radius 2 is 1.60 bits per heavy atom. The number of nitrogens with one attached hydrogen (secondary N) is 1. The van der Waals surface area contributed by atoms with Crippen LogP contribution >= 0.6 is 11.6 Å². The molecule has 5 nitrogen and oxygen atoms in total. The van der Waals surface area contributed by atoms with E-state index in [4.69, 9.17) is 11.6 Å². The van der Waals surface area contributed by atoms with Crippen molar-refractivity contribution in [3.8, 4) is 0 Å². The largest absolute Gasteiger partial charge is 0.321 e. The van der Waals surface area contributed by atoms with Crippen LogP contribution in [0.15, 0.2) is 88.8 Å². The van der Waals surface area contributed by atoms with E-state index in [0.717, 1.165) is 11.1 Å². The van der Waals surface area contributed by atoms with Gasteiger partial charge in [-0.05, 0) is 54.0 Å². The Kier molecular flexibility index (Phi) is 5.61. The van der Waals surface area contributed by atoms with Gasteiger partial charge < -0.3 is 5.32 Å². The molecule has 7 heteroatoms. The van der Waals surface area contributed by atoms with Gasteiger partial charge in [0.1, 0.15) is 5.03 Å². The number of halogens is 1. The predicted octanol–water partition coefficient (Wildman–Crippen LogP) is 4.66. The highest BCUT2D eigenvalue weighted by Gasteiger charge is 2.30. The van der Waals surface area contributed by atoms with Crippen LogP contribution in [0, 0.1) is 0 Å². The molecule has 4 rings (SSSR count). The lowest BCUT2D eigenvalue weighted by Crippen LogP contribution is -2.29. The predicted molar refractivity (Wildman–Crippen MR) is 120 cm³/mol. The van der Waals surface area contributed by atoms with E-state index in [1.165, 1.54) is 16.4 Å². The van der Waals surface area contributed by atoms with E-state index in [2.05, 4.69) is 5.32 Å². The van der Waals surface area contributed by atoms with Gasteiger partial charge >= 0.3 is 0 Å². The molecule has 0 atom stereocenters. The summed E-state index contributed by atoms with van der Waals surface area (Å²) in [6.45, 7) is 0.417. The Balaban J connectivity index is 1.49. The summed E-state index contributed by atoms with van der Waals surface area (Å²) < 4.78 is 27.5. The number of amides is 1. The van der Waals surface area contributed by atoms with Gasteiger partial charge in [0.2, 0.25) is 0 Å². The Morgan fingerprint density at radius 3 is 2.33 bits per heavy atom. The first-order valence-electron chi connectivity index (χ1n) is 9.39. The maximum atomic E-state index is 13.1. The fourth-order valence-electron chi connectivity index (χ4n) is 3.35. The minimum atomic E-state index is -3.67. The molecule has 1 aliphatic rings. The molecular weight excluding hydrogens is 420 g/mol. The van der Waals surface area contributed by atoms with E-state index >= 15 is 0 Å². The number of carbonyl (C=O) groups excluding carboxylic acids is 1. The number of sulfonamides is 1. The summed E-state index contributed by atoms with van der Waals surface area (Å²) in [5.74, 6) is -0.468. The van der Waals surface area contributed by atoms with Crippen LogP contribution in [-0.4, -0.2) is 20.9 Å². The second-order valence-corrected chi connectivity index (χ2v) is 9.11. The molecule has 3 aromatic carbocycles. The van der Waals surface area contributed by atoms with Crippen molar-refractivity contribution in [1.82, 2.24) is 0 Å². The number of rotatable bonds is 5. The zero-order valence-corrected chi connectivity index (χ0v) is 17.5. The topological polar surface area (TPSA) is 66.5 Å². The van der Waals surface area contributed by atoms with E-state index in [9.17, 15) is 13.2 Å². The molecule has 0 saturated heterocycles. The lowest BCUT2D eigenvalue weighted by Gasteiger charge is -2.19. The van der Waals surface area contributed by atoms with Crippen LogP contribution < -0.4 is 9.62 Å². The number of para-hydroxylation sites is 1. The third-order valence-electron chi connectivity index (χ3n) is 4.85. The Labute approximate surface area is 180 Å². The number of carbonyl (C=O) groups is 1. The van der Waals surface area contributed by atoms with Gasteiger partial charge in [0, 0.05) is 12.2 Å². The molecule has 3 aromatic rings. The van der Waals surface area contributed by atoms with Crippen molar-refractivity contribution < 1.29 is 13.2 Å². The van der Waals surface area contributed by atoms with Crippen LogP contribution in [-0.2, 0) is 21.2 Å². The maximum absolute atomic E-state index is 13.1. The number of nitrogens with zero attached hydrogens (tertiary/aromatic N) is 1. The Morgan fingerprint density at radius 1 is 0.933 bits per heavy atom. The summed E-state index contributed by atoms with van der Waals surface area (Å²) in [4.78, 5) is 12.5. The number of anilines is 2. The number of hydrogen-bond acceptors (Lipinski definition) is 3. The molecule has 0 aliphatic carbocycles. The molecule has 0 saturated carbocycles. The molecule has 1 N–H and O–H groups in total. The van der Waals surface area contributed by atoms with Gasteiger partial charge in [0.05, 0.1) is 10.6 Å². The minimum absolute atomic E-state index is 0.0339. The lowest BCUT2D eigenvalue weighted by molar-refractivity contribution is -0.112. The van der Waals surface area contributed by atoms with Crippen molar-refractivity contribution in [2.75, 3.05) is 16.2 Å². The molecule has 0 bridgehead atoms. The van der Waals surface area contributed by atoms with E-state index in [1.54, 1.807) is 18.2 Å². The fourth-order valence-corrected chi connectivity index (χ4v) is 5.02. The Hall–Kier alpha value is -3.09. The Bertz CT molecular complexity index is 1210. The third kappa shape index (κ3) is 4.10. The minimum Gasteiger partial charge on any atom is -0.321 e. The van der Waals surface area contributed by atoms with Gasteiger partial charge in [-0.25, -0.2) is 8.42 Å². The average molecular weight is 439 g/mol. The van der Waals surface area contributed by atoms with Gasteiger partial charge in [-0.1, -0.05) is 60.1 Å². The number of benzene rings is 3. The van der Waals surface area contributed by atoms with Crippen LogP contribution in [0.2, 0.25) is 0 Å². The molecular formula is C23H19ClN2O3S. The van der Waals surface area contributed by atoms with Crippen molar-refractivity contribution in [3.05, 3.63) is 95.0 Å². The quantitative estimate of drug-likeness (QED) is 0.589. The van der Waals surface area contributed by atoms with Gasteiger partial charge in [0.25, 0.3) is 15.9 Å². The highest BCUT2D eigenvalue weighted by atomic mass is 35.5. The van der Waals surface area contributed by atoms with Gasteiger partial charge in [-0.2, -0.15) is 0 Å². The highest BCUT2D eigenvalue weighted by Crippen LogP contribution is 2.32. The smallest absolute Gasteiger partial charge is 0.267 e. The summed E-state index contributed by atoms with van der Waals surface area (Å²) >= 11 is 6.10. The van der Waals surface area contributed by atoms with Crippen molar-refractivity contribution in [1.29, 1.82) is 0 Å². The molecule has 0 radical (unpaired) electrons. The van der Waals surface area contributed by atoms with E-state index < -0.39 is 15.9 Å². The van der Waals surface area contributed by atoms with Crippen LogP contribution in [0.4, 0.5) is 11.4 Å². The first kappa shape index (κ1) is 20.2. The normalized spacial score (nSPS) is 13.8. The van der Waals surface area contributed by atoms with Crippen molar-refractivity contribution in [2.45, 2.75) is 11.3 Å². The van der Waals surface area contributed by atoms with E-state index in [0.29, 0.717) is 24.3 Å². The molecule has 1 amide bonds. The summed E-state index contributed by atoms with van der Waals surface area (Å²) in [6.07, 6.45) is 2.26. The standard InChI is InChI=1S/C23H19ClN2O3S/c24-21(16-17-6-2-1-3-7-17)23(27)25-19-10-12-20(13-11-19)30(28,29)26-15-14-18-8-4-5-9-22(18)26/h1-13,16H,14-15H2,(H,25,27)/b21-16-. The van der Waals surface area contributed by atoms with E-state index in [-0.39, 0.29) is 9.93 Å². The number of hydrogen-bond donors (Lipinski definition) is 1. The zero-order chi connectivity index (χ0) is 21.1. The van der Waals surface area contributed by atoms with Crippen molar-refractivity contribution in [3.63, 3.8) is 0 Å². The molecule has 0 aromatic heterocycles. The zero-order valence-electron chi connectivity index (χ0n) is 16.0. The highest BCUT2D eigenvalue weighted by molar-refractivity contribution is 7.92. The molecule has 1 heterocycles. The first-order chi connectivity index (χ1) is 14.4. The lowest BCUT2D eigenvalue weighted by atomic mass is 10.2. The van der Waals surface area contributed by atoms with Gasteiger partial charge in [-0.3, -0.25) is 9.10 Å². The molecule has 0 unspecified atom stereocenters. The molecule has 0 spiro atoms. The average Bonchev–Trinajstić information content (AvgIpc) is 3.20. The SMILES string of the molecule is O=C(Nc1ccc(S(=O)(=O)N2CCc3ccccc32)cc1)/C(Cl)=C/c1ccccc1. The molecule has 0 fully saturated rings. The van der Waals surface area contributed by atoms with Crippen LogP contribution in [0.5, 0.6) is 0 Å². The third-order valence-corrected chi connectivity index (χ3v) is 6.96.